The Kier molecular flexibility index (Phi) is 8.70. The van der Waals surface area contributed by atoms with E-state index in [-0.39, 0.29) is 24.1 Å². The zero-order valence-electron chi connectivity index (χ0n) is 20.0. The standard InChI is InChI=1S/C26H23Cl2N5O3S/c1-16-4-3-5-17(12-16)25(35)29-14-23-31-32-26(33(23)19-8-11-21(27)22(28)13-19)37-15-24(34)30-18-6-9-20(36-2)10-7-18/h3-13H,14-15H2,1-2H3,(H,29,35)(H,30,34). The van der Waals surface area contributed by atoms with Crippen LogP contribution in [0.15, 0.2) is 71.9 Å². The molecule has 0 fully saturated rings. The van der Waals surface area contributed by atoms with Crippen LogP contribution in [-0.2, 0) is 11.3 Å². The molecule has 0 aliphatic carbocycles. The molecule has 2 N–H and O–H groups in total. The largest absolute Gasteiger partial charge is 0.497 e. The minimum absolute atomic E-state index is 0.0845. The van der Waals surface area contributed by atoms with Gasteiger partial charge in [-0.05, 0) is 61.5 Å². The van der Waals surface area contributed by atoms with E-state index in [1.165, 1.54) is 11.8 Å². The number of aromatic nitrogens is 3. The predicted molar refractivity (Wildman–Crippen MR) is 146 cm³/mol. The Bertz CT molecular complexity index is 1430. The predicted octanol–water partition coefficient (Wildman–Crippen LogP) is 5.55. The highest BCUT2D eigenvalue weighted by Crippen LogP contribution is 2.28. The van der Waals surface area contributed by atoms with E-state index in [9.17, 15) is 9.59 Å². The van der Waals surface area contributed by atoms with Crippen molar-refractivity contribution in [2.24, 2.45) is 0 Å². The molecule has 0 saturated heterocycles. The van der Waals surface area contributed by atoms with Crippen molar-refractivity contribution in [2.75, 3.05) is 18.2 Å². The number of aryl methyl sites for hydroxylation is 1. The summed E-state index contributed by atoms with van der Waals surface area (Å²) < 4.78 is 6.88. The number of carbonyl (C=O) groups excluding carboxylic acids is 2. The maximum absolute atomic E-state index is 12.7. The molecular weight excluding hydrogens is 533 g/mol. The van der Waals surface area contributed by atoms with Gasteiger partial charge in [0.05, 0.1) is 35.1 Å². The number of rotatable bonds is 9. The Morgan fingerprint density at radius 1 is 1.00 bits per heavy atom. The Hall–Kier alpha value is -3.53. The van der Waals surface area contributed by atoms with Gasteiger partial charge in [-0.3, -0.25) is 14.2 Å². The van der Waals surface area contributed by atoms with Crippen molar-refractivity contribution in [1.29, 1.82) is 0 Å². The van der Waals surface area contributed by atoms with Crippen molar-refractivity contribution < 1.29 is 14.3 Å². The molecule has 0 unspecified atom stereocenters. The summed E-state index contributed by atoms with van der Waals surface area (Å²) in [6.45, 7) is 2.03. The smallest absolute Gasteiger partial charge is 0.251 e. The second-order valence-corrected chi connectivity index (χ2v) is 9.71. The van der Waals surface area contributed by atoms with Crippen LogP contribution in [-0.4, -0.2) is 39.4 Å². The van der Waals surface area contributed by atoms with E-state index in [1.54, 1.807) is 60.2 Å². The summed E-state index contributed by atoms with van der Waals surface area (Å²) in [5.41, 5.74) is 2.83. The number of benzene rings is 3. The van der Waals surface area contributed by atoms with Crippen molar-refractivity contribution in [3.63, 3.8) is 0 Å². The lowest BCUT2D eigenvalue weighted by molar-refractivity contribution is -0.113. The number of halogens is 2. The molecule has 0 spiro atoms. The third-order valence-corrected chi connectivity index (χ3v) is 6.92. The van der Waals surface area contributed by atoms with Crippen molar-refractivity contribution in [3.8, 4) is 11.4 Å². The first-order valence-electron chi connectivity index (χ1n) is 11.2. The van der Waals surface area contributed by atoms with Gasteiger partial charge in [0.15, 0.2) is 11.0 Å². The molecule has 0 aliphatic heterocycles. The van der Waals surface area contributed by atoms with E-state index in [1.807, 2.05) is 25.1 Å². The van der Waals surface area contributed by atoms with Crippen molar-refractivity contribution in [2.45, 2.75) is 18.6 Å². The Morgan fingerprint density at radius 3 is 2.49 bits per heavy atom. The fraction of sp³-hybridized carbons (Fsp3) is 0.154. The number of amides is 2. The summed E-state index contributed by atoms with van der Waals surface area (Å²) in [5.74, 6) is 0.802. The van der Waals surface area contributed by atoms with Crippen LogP contribution in [0.5, 0.6) is 5.75 Å². The number of thioether (sulfide) groups is 1. The van der Waals surface area contributed by atoms with Crippen molar-refractivity contribution in [1.82, 2.24) is 20.1 Å². The third kappa shape index (κ3) is 6.82. The molecule has 4 aromatic rings. The number of hydrogen-bond acceptors (Lipinski definition) is 6. The van der Waals surface area contributed by atoms with E-state index >= 15 is 0 Å². The van der Waals surface area contributed by atoms with E-state index in [2.05, 4.69) is 20.8 Å². The monoisotopic (exact) mass is 555 g/mol. The summed E-state index contributed by atoms with van der Waals surface area (Å²) >= 11 is 13.6. The number of ether oxygens (including phenoxy) is 1. The van der Waals surface area contributed by atoms with E-state index in [0.717, 1.165) is 5.56 Å². The zero-order valence-corrected chi connectivity index (χ0v) is 22.3. The van der Waals surface area contributed by atoms with Crippen molar-refractivity contribution in [3.05, 3.63) is 93.7 Å². The van der Waals surface area contributed by atoms with Gasteiger partial charge in [-0.1, -0.05) is 52.7 Å². The van der Waals surface area contributed by atoms with E-state index in [0.29, 0.717) is 43.7 Å². The number of carbonyl (C=O) groups is 2. The molecule has 0 aliphatic rings. The first-order valence-corrected chi connectivity index (χ1v) is 12.9. The molecule has 8 nitrogen and oxygen atoms in total. The normalized spacial score (nSPS) is 10.7. The Morgan fingerprint density at radius 2 is 1.78 bits per heavy atom. The number of nitrogens with zero attached hydrogens (tertiary/aromatic N) is 3. The average molecular weight is 556 g/mol. The maximum Gasteiger partial charge on any atom is 0.251 e. The second-order valence-electron chi connectivity index (χ2n) is 7.95. The Balaban J connectivity index is 1.51. The first kappa shape index (κ1) is 26.5. The summed E-state index contributed by atoms with van der Waals surface area (Å²) in [5, 5.41) is 15.5. The fourth-order valence-electron chi connectivity index (χ4n) is 3.44. The molecule has 0 atom stereocenters. The van der Waals surface area contributed by atoms with E-state index in [4.69, 9.17) is 27.9 Å². The molecule has 3 aromatic carbocycles. The molecule has 2 amide bonds. The molecule has 0 bridgehead atoms. The van der Waals surface area contributed by atoms with Gasteiger partial charge in [-0.25, -0.2) is 0 Å². The molecule has 11 heteroatoms. The maximum atomic E-state index is 12.7. The van der Waals surface area contributed by atoms with Crippen LogP contribution in [0.1, 0.15) is 21.7 Å². The van der Waals surface area contributed by atoms with Gasteiger partial charge in [0.25, 0.3) is 5.91 Å². The average Bonchev–Trinajstić information content (AvgIpc) is 3.31. The van der Waals surface area contributed by atoms with E-state index < -0.39 is 0 Å². The van der Waals surface area contributed by atoms with Crippen LogP contribution in [0.4, 0.5) is 5.69 Å². The van der Waals surface area contributed by atoms with Gasteiger partial charge in [0.2, 0.25) is 5.91 Å². The summed E-state index contributed by atoms with van der Waals surface area (Å²) in [4.78, 5) is 25.3. The molecule has 0 radical (unpaired) electrons. The lowest BCUT2D eigenvalue weighted by Gasteiger charge is -2.12. The molecule has 1 aromatic heterocycles. The van der Waals surface area contributed by atoms with Crippen LogP contribution in [0, 0.1) is 6.92 Å². The Labute approximate surface area is 228 Å². The summed E-state index contributed by atoms with van der Waals surface area (Å²) in [6, 6.07) is 19.5. The fourth-order valence-corrected chi connectivity index (χ4v) is 4.50. The summed E-state index contributed by atoms with van der Waals surface area (Å²) in [6.07, 6.45) is 0. The lowest BCUT2D eigenvalue weighted by Crippen LogP contribution is -2.24. The van der Waals surface area contributed by atoms with Gasteiger partial charge < -0.3 is 15.4 Å². The van der Waals surface area contributed by atoms with Crippen molar-refractivity contribution >= 4 is 52.5 Å². The molecule has 0 saturated carbocycles. The quantitative estimate of drug-likeness (QED) is 0.262. The number of hydrogen-bond donors (Lipinski definition) is 2. The highest BCUT2D eigenvalue weighted by Gasteiger charge is 2.18. The molecule has 37 heavy (non-hydrogen) atoms. The topological polar surface area (TPSA) is 98.1 Å². The van der Waals surface area contributed by atoms with Crippen LogP contribution in [0.2, 0.25) is 10.0 Å². The minimum atomic E-state index is -0.236. The van der Waals surface area contributed by atoms with Gasteiger partial charge >= 0.3 is 0 Å². The number of anilines is 1. The number of nitrogens with one attached hydrogen (secondary N) is 2. The summed E-state index contributed by atoms with van der Waals surface area (Å²) in [7, 11) is 1.58. The highest BCUT2D eigenvalue weighted by atomic mass is 35.5. The first-order chi connectivity index (χ1) is 17.8. The number of methoxy groups -OCH3 is 1. The van der Waals surface area contributed by atoms with Crippen LogP contribution in [0.25, 0.3) is 5.69 Å². The zero-order chi connectivity index (χ0) is 26.4. The van der Waals surface area contributed by atoms with Gasteiger partial charge in [0.1, 0.15) is 5.75 Å². The SMILES string of the molecule is COc1ccc(NC(=O)CSc2nnc(CNC(=O)c3cccc(C)c3)n2-c2ccc(Cl)c(Cl)c2)cc1. The molecule has 1 heterocycles. The van der Waals surface area contributed by atoms with Gasteiger partial charge in [-0.2, -0.15) is 0 Å². The van der Waals surface area contributed by atoms with Gasteiger partial charge in [0, 0.05) is 11.3 Å². The minimum Gasteiger partial charge on any atom is -0.497 e. The van der Waals surface area contributed by atoms with Crippen LogP contribution >= 0.6 is 35.0 Å². The van der Waals surface area contributed by atoms with Crippen LogP contribution in [0.3, 0.4) is 0 Å². The third-order valence-electron chi connectivity index (χ3n) is 5.26. The molecule has 4 rings (SSSR count). The second kappa shape index (κ2) is 12.1. The van der Waals surface area contributed by atoms with Crippen LogP contribution < -0.4 is 15.4 Å². The molecular formula is C26H23Cl2N5O3S. The lowest BCUT2D eigenvalue weighted by atomic mass is 10.1. The van der Waals surface area contributed by atoms with Gasteiger partial charge in [-0.15, -0.1) is 10.2 Å². The molecule has 190 valence electrons. The highest BCUT2D eigenvalue weighted by molar-refractivity contribution is 7.99.